The van der Waals surface area contributed by atoms with Crippen LogP contribution in [0.15, 0.2) is 0 Å². The van der Waals surface area contributed by atoms with Crippen LogP contribution in [0.1, 0.15) is 128 Å². The van der Waals surface area contributed by atoms with Crippen molar-refractivity contribution in [2.75, 3.05) is 52.4 Å². The van der Waals surface area contributed by atoms with Crippen molar-refractivity contribution < 1.29 is 9.59 Å². The standard InChI is InChI=1S/C19H33N3O.C8H16O.C6H14.C2H6/c1-4-5-6-9-20-12-14-21(15-13-20)16-18-7-10-22(11-8-18)19(23)17(2)3;1-4-5-6-8(9)7(2)3;1-4-5-6(2)3;1-2/h17-18H,4,7-16H2,1-3H3;7H,4-6H2,1-3H3;6H,4-5H2,1-3H3;1-2H3. The molecular formula is C35H69N3O2. The third kappa shape index (κ3) is 21.4. The molecule has 2 fully saturated rings. The number of ketones is 1. The van der Waals surface area contributed by atoms with Gasteiger partial charge >= 0.3 is 0 Å². The van der Waals surface area contributed by atoms with E-state index >= 15 is 0 Å². The zero-order valence-electron chi connectivity index (χ0n) is 28.8. The number of nitrogens with zero attached hydrogens (tertiary/aromatic N) is 3. The van der Waals surface area contributed by atoms with Crippen LogP contribution in [-0.2, 0) is 9.59 Å². The SMILES string of the molecule is CC.CCC#CCN1CCN(CC2CCN(C(=O)C(C)C)CC2)CC1.CCCC(C)C.CCCCC(=O)C(C)C. The molecule has 2 heterocycles. The number of hydrogen-bond donors (Lipinski definition) is 0. The molecule has 0 spiro atoms. The predicted octanol–water partition coefficient (Wildman–Crippen LogP) is 7.78. The summed E-state index contributed by atoms with van der Waals surface area (Å²) in [5, 5.41) is 0. The van der Waals surface area contributed by atoms with Crippen molar-refractivity contribution in [2.45, 2.75) is 128 Å². The molecule has 0 aliphatic carbocycles. The molecule has 40 heavy (non-hydrogen) atoms. The number of Topliss-reactive ketones (excluding diaryl/α,β-unsaturated/α-hetero) is 1. The molecule has 0 unspecified atom stereocenters. The van der Waals surface area contributed by atoms with E-state index in [2.05, 4.69) is 61.2 Å². The van der Waals surface area contributed by atoms with Gasteiger partial charge in [0.2, 0.25) is 5.91 Å². The molecule has 0 aromatic rings. The summed E-state index contributed by atoms with van der Waals surface area (Å²) in [6.45, 7) is 31.5. The molecule has 0 bridgehead atoms. The van der Waals surface area contributed by atoms with Crippen molar-refractivity contribution in [1.82, 2.24) is 14.7 Å². The Kier molecular flexibility index (Phi) is 27.0. The summed E-state index contributed by atoms with van der Waals surface area (Å²) < 4.78 is 0. The first-order chi connectivity index (χ1) is 19.0. The van der Waals surface area contributed by atoms with Crippen molar-refractivity contribution in [3.63, 3.8) is 0 Å². The fraction of sp³-hybridized carbons (Fsp3) is 0.886. The maximum Gasteiger partial charge on any atom is 0.225 e. The minimum atomic E-state index is 0.135. The van der Waals surface area contributed by atoms with E-state index in [1.165, 1.54) is 45.3 Å². The van der Waals surface area contributed by atoms with E-state index in [0.717, 1.165) is 70.2 Å². The van der Waals surface area contributed by atoms with Crippen LogP contribution >= 0.6 is 0 Å². The van der Waals surface area contributed by atoms with Gasteiger partial charge < -0.3 is 9.80 Å². The Bertz CT molecular complexity index is 662. The van der Waals surface area contributed by atoms with Crippen LogP contribution in [0, 0.1) is 35.5 Å². The van der Waals surface area contributed by atoms with E-state index in [0.29, 0.717) is 11.7 Å². The van der Waals surface area contributed by atoms with Gasteiger partial charge in [-0.05, 0) is 31.1 Å². The van der Waals surface area contributed by atoms with Gasteiger partial charge in [0, 0.05) is 70.5 Å². The topological polar surface area (TPSA) is 43.9 Å². The Hall–Kier alpha value is -1.38. The number of amides is 1. The normalized spacial score (nSPS) is 16.2. The minimum Gasteiger partial charge on any atom is -0.342 e. The lowest BCUT2D eigenvalue weighted by atomic mass is 9.95. The number of carbonyl (C=O) groups is 2. The van der Waals surface area contributed by atoms with Gasteiger partial charge in [0.25, 0.3) is 0 Å². The highest BCUT2D eigenvalue weighted by Crippen LogP contribution is 2.20. The number of rotatable bonds is 10. The van der Waals surface area contributed by atoms with E-state index in [1.54, 1.807) is 0 Å². The number of unbranched alkanes of at least 4 members (excludes halogenated alkanes) is 1. The van der Waals surface area contributed by atoms with Gasteiger partial charge in [0.1, 0.15) is 5.78 Å². The molecule has 1 amide bonds. The summed E-state index contributed by atoms with van der Waals surface area (Å²) in [5.41, 5.74) is 0. The molecule has 236 valence electrons. The number of hydrogen-bond acceptors (Lipinski definition) is 4. The van der Waals surface area contributed by atoms with Gasteiger partial charge in [0.15, 0.2) is 0 Å². The molecule has 0 atom stereocenters. The molecule has 2 saturated heterocycles. The van der Waals surface area contributed by atoms with Crippen LogP contribution in [0.4, 0.5) is 0 Å². The largest absolute Gasteiger partial charge is 0.342 e. The summed E-state index contributed by atoms with van der Waals surface area (Å²) in [7, 11) is 0. The Labute approximate surface area is 251 Å². The minimum absolute atomic E-state index is 0.135. The highest BCUT2D eigenvalue weighted by atomic mass is 16.2. The van der Waals surface area contributed by atoms with Crippen LogP contribution in [0.5, 0.6) is 0 Å². The molecule has 2 aliphatic rings. The van der Waals surface area contributed by atoms with Crippen molar-refractivity contribution in [3.05, 3.63) is 0 Å². The smallest absolute Gasteiger partial charge is 0.225 e. The van der Waals surface area contributed by atoms with Crippen LogP contribution in [0.25, 0.3) is 0 Å². The first kappa shape index (κ1) is 40.8. The first-order valence-corrected chi connectivity index (χ1v) is 16.8. The van der Waals surface area contributed by atoms with Crippen LogP contribution in [0.3, 0.4) is 0 Å². The first-order valence-electron chi connectivity index (χ1n) is 16.8. The fourth-order valence-electron chi connectivity index (χ4n) is 4.71. The number of likely N-dealkylation sites (tertiary alicyclic amines) is 1. The van der Waals surface area contributed by atoms with E-state index in [-0.39, 0.29) is 11.8 Å². The van der Waals surface area contributed by atoms with Gasteiger partial charge in [-0.15, -0.1) is 5.92 Å². The van der Waals surface area contributed by atoms with Gasteiger partial charge in [-0.1, -0.05) is 101 Å². The highest BCUT2D eigenvalue weighted by Gasteiger charge is 2.26. The molecule has 5 nitrogen and oxygen atoms in total. The molecule has 5 heteroatoms. The summed E-state index contributed by atoms with van der Waals surface area (Å²) in [5.74, 6) is 9.15. The third-order valence-electron chi connectivity index (χ3n) is 7.29. The van der Waals surface area contributed by atoms with Crippen molar-refractivity contribution >= 4 is 11.7 Å². The second-order valence-electron chi connectivity index (χ2n) is 12.1. The van der Waals surface area contributed by atoms with Crippen LogP contribution in [-0.4, -0.2) is 78.7 Å². The van der Waals surface area contributed by atoms with E-state index in [9.17, 15) is 9.59 Å². The molecule has 0 radical (unpaired) electrons. The lowest BCUT2D eigenvalue weighted by molar-refractivity contribution is -0.136. The lowest BCUT2D eigenvalue weighted by Crippen LogP contribution is -2.49. The quantitative estimate of drug-likeness (QED) is 0.255. The van der Waals surface area contributed by atoms with Gasteiger partial charge in [-0.2, -0.15) is 0 Å². The van der Waals surface area contributed by atoms with Crippen molar-refractivity contribution in [1.29, 1.82) is 0 Å². The Morgan fingerprint density at radius 2 is 1.30 bits per heavy atom. The number of carbonyl (C=O) groups excluding carboxylic acids is 2. The zero-order chi connectivity index (χ0) is 30.9. The van der Waals surface area contributed by atoms with Crippen LogP contribution < -0.4 is 0 Å². The van der Waals surface area contributed by atoms with E-state index in [1.807, 2.05) is 41.5 Å². The molecule has 2 rings (SSSR count). The van der Waals surface area contributed by atoms with Gasteiger partial charge in [0.05, 0.1) is 6.54 Å². The van der Waals surface area contributed by atoms with Crippen LogP contribution in [0.2, 0.25) is 0 Å². The van der Waals surface area contributed by atoms with Crippen molar-refractivity contribution in [3.8, 4) is 11.8 Å². The van der Waals surface area contributed by atoms with E-state index < -0.39 is 0 Å². The maximum atomic E-state index is 12.0. The highest BCUT2D eigenvalue weighted by molar-refractivity contribution is 5.80. The predicted molar refractivity (Wildman–Crippen MR) is 176 cm³/mol. The zero-order valence-corrected chi connectivity index (χ0v) is 28.8. The van der Waals surface area contributed by atoms with Gasteiger partial charge in [-0.25, -0.2) is 0 Å². The molecule has 0 aromatic carbocycles. The molecule has 2 aliphatic heterocycles. The second kappa shape index (κ2) is 26.5. The maximum absolute atomic E-state index is 12.0. The van der Waals surface area contributed by atoms with Gasteiger partial charge in [-0.3, -0.25) is 14.5 Å². The monoisotopic (exact) mass is 564 g/mol. The summed E-state index contributed by atoms with van der Waals surface area (Å²) >= 11 is 0. The number of piperidine rings is 1. The number of piperazine rings is 1. The molecule has 0 N–H and O–H groups in total. The fourth-order valence-corrected chi connectivity index (χ4v) is 4.71. The average Bonchev–Trinajstić information content (AvgIpc) is 2.94. The third-order valence-corrected chi connectivity index (χ3v) is 7.29. The summed E-state index contributed by atoms with van der Waals surface area (Å²) in [6.07, 6.45) is 8.95. The molecule has 0 aromatic heterocycles. The molecular weight excluding hydrogens is 494 g/mol. The van der Waals surface area contributed by atoms with Crippen molar-refractivity contribution in [2.24, 2.45) is 23.7 Å². The summed E-state index contributed by atoms with van der Waals surface area (Å²) in [4.78, 5) is 30.1. The molecule has 0 saturated carbocycles. The Morgan fingerprint density at radius 1 is 0.750 bits per heavy atom. The Morgan fingerprint density at radius 3 is 1.70 bits per heavy atom. The Balaban J connectivity index is 0. The second-order valence-corrected chi connectivity index (χ2v) is 12.1. The summed E-state index contributed by atoms with van der Waals surface area (Å²) in [6, 6.07) is 0. The average molecular weight is 564 g/mol. The lowest BCUT2D eigenvalue weighted by Gasteiger charge is -2.38. The van der Waals surface area contributed by atoms with E-state index in [4.69, 9.17) is 0 Å².